The van der Waals surface area contributed by atoms with Crippen LogP contribution in [0.5, 0.6) is 0 Å². The summed E-state index contributed by atoms with van der Waals surface area (Å²) >= 11 is 0. The molecule has 52 heteroatoms. The Hall–Kier alpha value is -9.98. The minimum Gasteiger partial charge on any atom is -0.394 e. The van der Waals surface area contributed by atoms with E-state index in [1.165, 1.54) is 20.8 Å². The number of carbonyl (C=O) groups is 11. The number of anilines is 3. The number of nitrogens with zero attached hydrogens (tertiary/aromatic N) is 2. The molecule has 0 radical (unpaired) electrons. The second-order valence-corrected chi connectivity index (χ2v) is 35.5. The first-order valence-electron chi connectivity index (χ1n) is 50.2. The lowest BCUT2D eigenvalue weighted by molar-refractivity contribution is -0.272. The van der Waals surface area contributed by atoms with Gasteiger partial charge in [-0.3, -0.25) is 52.7 Å². The van der Waals surface area contributed by atoms with Gasteiger partial charge in [0.15, 0.2) is 30.4 Å². The summed E-state index contributed by atoms with van der Waals surface area (Å²) in [5, 5.41) is 127. The molecule has 0 saturated carbocycles. The average molecular weight is 2120 g/mol. The van der Waals surface area contributed by atoms with E-state index in [9.17, 15) is 98.7 Å². The van der Waals surface area contributed by atoms with Crippen LogP contribution in [0.3, 0.4) is 0 Å². The van der Waals surface area contributed by atoms with Crippen LogP contribution in [0.25, 0.3) is 22.2 Å². The van der Waals surface area contributed by atoms with Crippen molar-refractivity contribution in [2.24, 2.45) is 5.92 Å². The van der Waals surface area contributed by atoms with Gasteiger partial charge in [-0.1, -0.05) is 47.6 Å². The molecule has 9 rings (SSSR count). The number of hydrogen-bond acceptors (Lipinski definition) is 42. The van der Waals surface area contributed by atoms with Crippen molar-refractivity contribution >= 4 is 92.8 Å². The molecule has 1 aromatic heterocycles. The third-order valence-corrected chi connectivity index (χ3v) is 23.9. The van der Waals surface area contributed by atoms with Crippen molar-refractivity contribution in [3.63, 3.8) is 0 Å². The zero-order valence-corrected chi connectivity index (χ0v) is 84.4. The second-order valence-electron chi connectivity index (χ2n) is 35.5. The molecule has 4 fully saturated rings. The van der Waals surface area contributed by atoms with E-state index in [2.05, 4.69) is 68.5 Å². The maximum Gasteiger partial charge on any atom is 0.240 e. The minimum atomic E-state index is -1.65. The Morgan fingerprint density at radius 2 is 0.792 bits per heavy atom. The quantitative estimate of drug-likeness (QED) is 0.0161. The number of nitrogens with one attached hydrogen (secondary N) is 11. The third kappa shape index (κ3) is 42.2. The number of para-hydroxylation sites is 1. The number of benzene rings is 3. The van der Waals surface area contributed by atoms with Crippen molar-refractivity contribution in [3.8, 4) is 11.3 Å². The van der Waals surface area contributed by atoms with Crippen molar-refractivity contribution in [1.29, 1.82) is 0 Å². The number of fused-ring (bicyclic) bond motifs is 2. The normalized spacial score (nSPS) is 22.1. The summed E-state index contributed by atoms with van der Waals surface area (Å²) in [5.74, 6) is -4.76. The first-order chi connectivity index (χ1) is 72.1. The molecule has 1 aliphatic carbocycles. The molecule has 10 amide bonds. The van der Waals surface area contributed by atoms with E-state index in [4.69, 9.17) is 89.8 Å². The standard InChI is InChI=1S/C97H149N13O39/c1-61(114)104-82-89(127)86(124)70(55-111)146-94(82)143-49-46-137-43-38-133-33-24-99-75(119)19-30-140-58-97(59-141-31-20-76(120)100-25-34-134-39-44-138-47-50-144-95-83(105-62(2)115)90(128)87(125)71(56-112)147-95,60-142-32-21-77(121)101-26-35-135-40-45-139-48-51-145-96-84(106-63(3)116)91(129)88(126)72(57-113)148-96)108-78(122)53-103-74(118)18-17-73(117)98-22-10-28-131-36-41-136-42-37-132-29-11-23-102-93(130)64-12-9-27-110(54-64)69-52-68(107-65-13-5-4-6-14-65)79-80-81(69)109-149-92(80)67-16-8-7-15-66(67)85(79)123/h4-8,13-16,52,64,70-72,82-84,86-91,94-96,107,111-113,124-129H,9-12,17-51,53-60H2,1-3H3,(H,98,117)(H,99,119)(H,100,120)(H,101,121)(H,102,130)(H,103,118)(H,104,114)(H,105,115)(H,106,116)(H,108,122)/t64-,70+,71+,72+,82+,83+,84+,86-,87-,88-,89+,90+,91+,94+,95+,96?/m0/s1. The first kappa shape index (κ1) is 123. The maximum atomic E-state index is 14.1. The largest absolute Gasteiger partial charge is 0.394 e. The highest BCUT2D eigenvalue weighted by atomic mass is 16.7. The molecule has 5 aliphatic rings. The highest BCUT2D eigenvalue weighted by Gasteiger charge is 2.49. The Kier molecular flexibility index (Phi) is 56.0. The summed E-state index contributed by atoms with van der Waals surface area (Å²) in [6.07, 6.45) is -14.7. The number of hydrogen-bond donors (Lipinski definition) is 20. The fraction of sp³-hybridized carbons (Fsp3) is 0.691. The molecular weight excluding hydrogens is 1970 g/mol. The van der Waals surface area contributed by atoms with Gasteiger partial charge in [-0.2, -0.15) is 0 Å². The van der Waals surface area contributed by atoms with Crippen LogP contribution in [0, 0.1) is 5.92 Å². The summed E-state index contributed by atoms with van der Waals surface area (Å²) in [5.41, 5.74) is 2.82. The predicted molar refractivity (Wildman–Crippen MR) is 523 cm³/mol. The number of ether oxygens (including phenoxy) is 18. The van der Waals surface area contributed by atoms with Crippen LogP contribution < -0.4 is 63.4 Å². The van der Waals surface area contributed by atoms with E-state index in [-0.39, 0.29) is 208 Å². The zero-order valence-electron chi connectivity index (χ0n) is 84.4. The molecule has 836 valence electrons. The van der Waals surface area contributed by atoms with E-state index in [0.717, 1.165) is 17.8 Å². The molecule has 4 aromatic rings. The number of aromatic nitrogens is 1. The van der Waals surface area contributed by atoms with Gasteiger partial charge in [0.2, 0.25) is 59.1 Å². The van der Waals surface area contributed by atoms with Gasteiger partial charge in [-0.15, -0.1) is 0 Å². The molecule has 1 unspecified atom stereocenters. The highest BCUT2D eigenvalue weighted by Crippen LogP contribution is 2.47. The smallest absolute Gasteiger partial charge is 0.240 e. The Morgan fingerprint density at radius 3 is 1.21 bits per heavy atom. The number of piperidine rings is 1. The Labute approximate surface area is 861 Å². The monoisotopic (exact) mass is 2120 g/mol. The summed E-state index contributed by atoms with van der Waals surface area (Å²) in [7, 11) is 0. The number of amides is 10. The molecule has 5 heterocycles. The van der Waals surface area contributed by atoms with E-state index >= 15 is 0 Å². The van der Waals surface area contributed by atoms with Crippen LogP contribution in [0.4, 0.5) is 17.1 Å². The molecule has 4 aliphatic heterocycles. The summed E-state index contributed by atoms with van der Waals surface area (Å²) in [6.45, 7) is 3.73. The molecule has 4 saturated heterocycles. The number of ketones is 1. The molecular formula is C97H149N13O39. The molecule has 52 nitrogen and oxygen atoms in total. The van der Waals surface area contributed by atoms with Crippen molar-refractivity contribution < 1.29 is 188 Å². The van der Waals surface area contributed by atoms with Gasteiger partial charge in [0.25, 0.3) is 0 Å². The fourth-order valence-corrected chi connectivity index (χ4v) is 16.4. The van der Waals surface area contributed by atoms with Crippen LogP contribution in [-0.4, -0.2) is 464 Å². The minimum absolute atomic E-state index is 0.0253. The number of carbonyl (C=O) groups excluding carboxylic acids is 11. The topological polar surface area (TPSA) is 698 Å². The lowest BCUT2D eigenvalue weighted by Crippen LogP contribution is -2.64. The summed E-state index contributed by atoms with van der Waals surface area (Å²) < 4.78 is 108. The van der Waals surface area contributed by atoms with E-state index in [1.54, 1.807) is 6.07 Å². The highest BCUT2D eigenvalue weighted by molar-refractivity contribution is 6.29. The van der Waals surface area contributed by atoms with Crippen LogP contribution >= 0.6 is 0 Å². The molecule has 20 N–H and O–H groups in total. The number of aliphatic hydroxyl groups excluding tert-OH is 9. The van der Waals surface area contributed by atoms with E-state index in [0.29, 0.717) is 104 Å². The van der Waals surface area contributed by atoms with Crippen molar-refractivity contribution in [3.05, 3.63) is 71.8 Å². The Bertz CT molecular complexity index is 4480. The van der Waals surface area contributed by atoms with Crippen molar-refractivity contribution in [1.82, 2.24) is 58.3 Å². The fourth-order valence-electron chi connectivity index (χ4n) is 16.4. The van der Waals surface area contributed by atoms with Crippen LogP contribution in [0.15, 0.2) is 65.2 Å². The van der Waals surface area contributed by atoms with Crippen molar-refractivity contribution in [2.45, 2.75) is 176 Å². The van der Waals surface area contributed by atoms with Crippen LogP contribution in [-0.2, 0) is 133 Å². The van der Waals surface area contributed by atoms with Gasteiger partial charge >= 0.3 is 0 Å². The lowest BCUT2D eigenvalue weighted by atomic mass is 9.86. The molecule has 16 atom stereocenters. The predicted octanol–water partition coefficient (Wildman–Crippen LogP) is -5.64. The van der Waals surface area contributed by atoms with Gasteiger partial charge in [0, 0.05) is 129 Å². The van der Waals surface area contributed by atoms with Crippen LogP contribution in [0.1, 0.15) is 94.5 Å². The SMILES string of the molecule is CC(=O)N[C@H]1[C@H](OCCOCCOCCNC(=O)CCOCC(COCCC(=O)NCCOCCOCCOC2O[C@H](CO)[C@H](O)[C@H](O)[C@H]2NC(C)=O)(COCCC(=O)NCCOCCOCCO[C@@H]2O[C@H](CO)[C@H](O)[C@H](O)[C@H]2NC(C)=O)NC(=O)CNC(=O)CCC(=O)NCCCOCCOCCOCCCNC(=O)[C@H]2CCCN(c3cc(Nc4ccccc4)c4c5c(onc35)-c3ccccc3C4=O)C2)O[C@H](CO)[C@H](O)[C@@H]1O. The first-order valence-corrected chi connectivity index (χ1v) is 50.2. The van der Waals surface area contributed by atoms with Gasteiger partial charge in [0.1, 0.15) is 84.1 Å². The maximum absolute atomic E-state index is 14.1. The average Bonchev–Trinajstić information content (AvgIpc) is 1.59. The van der Waals surface area contributed by atoms with E-state index < -0.39 is 197 Å². The number of rotatable bonds is 75. The summed E-state index contributed by atoms with van der Waals surface area (Å²) in [4.78, 5) is 145. The van der Waals surface area contributed by atoms with E-state index in [1.807, 2.05) is 54.6 Å². The Morgan fingerprint density at radius 1 is 0.416 bits per heavy atom. The third-order valence-electron chi connectivity index (χ3n) is 23.9. The summed E-state index contributed by atoms with van der Waals surface area (Å²) in [6, 6.07) is 15.5. The molecule has 0 bridgehead atoms. The Balaban J connectivity index is 0.684. The zero-order chi connectivity index (χ0) is 107. The second kappa shape index (κ2) is 68.1. The van der Waals surface area contributed by atoms with Gasteiger partial charge in [0.05, 0.1) is 220 Å². The van der Waals surface area contributed by atoms with Gasteiger partial charge < -0.3 is 199 Å². The van der Waals surface area contributed by atoms with Gasteiger partial charge in [-0.05, 0) is 43.9 Å². The van der Waals surface area contributed by atoms with Crippen LogP contribution in [0.2, 0.25) is 0 Å². The van der Waals surface area contributed by atoms with Crippen molar-refractivity contribution in [2.75, 3.05) is 261 Å². The molecule has 3 aromatic carbocycles. The number of aliphatic hydroxyl groups is 9. The lowest BCUT2D eigenvalue weighted by Gasteiger charge is -2.42. The van der Waals surface area contributed by atoms with Gasteiger partial charge in [-0.25, -0.2) is 0 Å². The molecule has 149 heavy (non-hydrogen) atoms. The molecule has 0 spiro atoms.